The van der Waals surface area contributed by atoms with Gasteiger partial charge >= 0.3 is 0 Å². The quantitative estimate of drug-likeness (QED) is 0.175. The summed E-state index contributed by atoms with van der Waals surface area (Å²) in [6.07, 6.45) is 8.57. The summed E-state index contributed by atoms with van der Waals surface area (Å²) in [4.78, 5) is 15.2. The maximum Gasteiger partial charge on any atom is 0.165 e. The molecule has 3 aromatic heterocycles. The van der Waals surface area contributed by atoms with E-state index < -0.39 is 0 Å². The molecule has 0 spiro atoms. The van der Waals surface area contributed by atoms with Gasteiger partial charge < -0.3 is 9.15 Å². The van der Waals surface area contributed by atoms with E-state index in [0.717, 1.165) is 66.6 Å². The lowest BCUT2D eigenvalue weighted by atomic mass is 9.91. The molecule has 10 aromatic rings. The number of aromatic nitrogens is 3. The molecule has 2 atom stereocenters. The molecule has 7 aromatic carbocycles. The van der Waals surface area contributed by atoms with Gasteiger partial charge in [0.1, 0.15) is 23.0 Å². The van der Waals surface area contributed by atoms with Crippen molar-refractivity contribution < 1.29 is 9.15 Å². The molecule has 1 aliphatic heterocycles. The van der Waals surface area contributed by atoms with Gasteiger partial charge in [-0.1, -0.05) is 133 Å². The molecule has 0 fully saturated rings. The highest BCUT2D eigenvalue weighted by Crippen LogP contribution is 2.46. The molecule has 268 valence electrons. The monoisotopic (exact) mass is 749 g/mol. The molecule has 0 saturated heterocycles. The van der Waals surface area contributed by atoms with Crippen LogP contribution in [0.3, 0.4) is 0 Å². The standard InChI is InChI=1S/C51H31N3O2S/c1-2-9-33(10-3-1)49-52-50(54-51(53-49)39-14-8-13-38-37-12-5-7-16-47(37)57-48(38)39)34-23-21-31(22-24-34)30-17-19-32(20-18-30)35-25-26-44-40(27-35)42-28-41-36-11-4-6-15-43(36)55-45(41)29-46(42)56-44/h1-29,36,43H. The van der Waals surface area contributed by atoms with Crippen LogP contribution in [-0.2, 0) is 0 Å². The van der Waals surface area contributed by atoms with Crippen molar-refractivity contribution in [2.45, 2.75) is 12.0 Å². The number of hydrogen-bond donors (Lipinski definition) is 0. The van der Waals surface area contributed by atoms with Crippen LogP contribution in [-0.4, -0.2) is 21.1 Å². The second kappa shape index (κ2) is 12.7. The third-order valence-corrected chi connectivity index (χ3v) is 12.5. The number of benzene rings is 7. The summed E-state index contributed by atoms with van der Waals surface area (Å²) in [6.45, 7) is 0. The van der Waals surface area contributed by atoms with Crippen molar-refractivity contribution in [2.75, 3.05) is 0 Å². The lowest BCUT2D eigenvalue weighted by Crippen LogP contribution is -2.15. The third kappa shape index (κ3) is 5.33. The fourth-order valence-electron chi connectivity index (χ4n) is 8.42. The van der Waals surface area contributed by atoms with Crippen molar-refractivity contribution in [2.24, 2.45) is 0 Å². The van der Waals surface area contributed by atoms with E-state index in [1.165, 1.54) is 25.7 Å². The van der Waals surface area contributed by atoms with Crippen molar-refractivity contribution in [1.29, 1.82) is 0 Å². The molecule has 1 aliphatic carbocycles. The average molecular weight is 750 g/mol. The molecule has 0 N–H and O–H groups in total. The molecule has 4 heterocycles. The number of fused-ring (bicyclic) bond motifs is 9. The van der Waals surface area contributed by atoms with Crippen LogP contribution in [0.1, 0.15) is 11.5 Å². The Kier molecular flexibility index (Phi) is 7.16. The Morgan fingerprint density at radius 2 is 1.09 bits per heavy atom. The molecule has 2 unspecified atom stereocenters. The minimum absolute atomic E-state index is 0.0521. The van der Waals surface area contributed by atoms with Crippen LogP contribution in [0, 0.1) is 0 Å². The van der Waals surface area contributed by atoms with Crippen LogP contribution in [0.25, 0.3) is 98.5 Å². The normalized spacial score (nSPS) is 15.7. The summed E-state index contributed by atoms with van der Waals surface area (Å²) in [6, 6.07) is 53.2. The molecule has 5 nitrogen and oxygen atoms in total. The van der Waals surface area contributed by atoms with Gasteiger partial charge in [0, 0.05) is 65.2 Å². The van der Waals surface area contributed by atoms with Crippen molar-refractivity contribution in [3.05, 3.63) is 182 Å². The number of allylic oxidation sites excluding steroid dienone is 2. The maximum atomic E-state index is 6.30. The first kappa shape index (κ1) is 32.1. The molecular weight excluding hydrogens is 719 g/mol. The summed E-state index contributed by atoms with van der Waals surface area (Å²) in [5, 5.41) is 4.70. The van der Waals surface area contributed by atoms with Crippen LogP contribution < -0.4 is 4.74 Å². The highest BCUT2D eigenvalue weighted by atomic mass is 32.1. The largest absolute Gasteiger partial charge is 0.485 e. The molecule has 12 rings (SSSR count). The number of thiophene rings is 1. The minimum atomic E-state index is 0.0521. The zero-order valence-corrected chi connectivity index (χ0v) is 31.3. The fourth-order valence-corrected chi connectivity index (χ4v) is 9.63. The number of furan rings is 1. The van der Waals surface area contributed by atoms with Crippen molar-refractivity contribution in [3.8, 4) is 62.2 Å². The average Bonchev–Trinajstić information content (AvgIpc) is 3.96. The lowest BCUT2D eigenvalue weighted by molar-refractivity contribution is 0.269. The summed E-state index contributed by atoms with van der Waals surface area (Å²) in [5.74, 6) is 3.11. The fraction of sp³-hybridized carbons (Fsp3) is 0.0392. The van der Waals surface area contributed by atoms with E-state index in [9.17, 15) is 0 Å². The van der Waals surface area contributed by atoms with Crippen LogP contribution in [0.15, 0.2) is 180 Å². The van der Waals surface area contributed by atoms with Crippen LogP contribution >= 0.6 is 11.3 Å². The van der Waals surface area contributed by atoms with Crippen molar-refractivity contribution in [3.63, 3.8) is 0 Å². The Hall–Kier alpha value is -7.15. The number of ether oxygens (including phenoxy) is 1. The number of hydrogen-bond acceptors (Lipinski definition) is 6. The van der Waals surface area contributed by atoms with Crippen molar-refractivity contribution >= 4 is 53.4 Å². The lowest BCUT2D eigenvalue weighted by Gasteiger charge is -2.13. The second-order valence-corrected chi connectivity index (χ2v) is 15.7. The van der Waals surface area contributed by atoms with Gasteiger partial charge in [0.2, 0.25) is 0 Å². The Morgan fingerprint density at radius 1 is 0.456 bits per heavy atom. The van der Waals surface area contributed by atoms with Gasteiger partial charge in [0.15, 0.2) is 17.5 Å². The Morgan fingerprint density at radius 3 is 1.89 bits per heavy atom. The molecule has 2 aliphatic rings. The molecule has 6 heteroatoms. The maximum absolute atomic E-state index is 6.30. The molecule has 0 amide bonds. The first-order valence-electron chi connectivity index (χ1n) is 19.2. The topological polar surface area (TPSA) is 61.0 Å². The van der Waals surface area contributed by atoms with E-state index in [4.69, 9.17) is 24.1 Å². The van der Waals surface area contributed by atoms with Crippen LogP contribution in [0.5, 0.6) is 5.75 Å². The summed E-state index contributed by atoms with van der Waals surface area (Å²) in [5.41, 5.74) is 10.4. The molecule has 0 bridgehead atoms. The molecular formula is C51H31N3O2S. The molecule has 0 saturated carbocycles. The second-order valence-electron chi connectivity index (χ2n) is 14.7. The van der Waals surface area contributed by atoms with Crippen molar-refractivity contribution in [1.82, 2.24) is 15.0 Å². The van der Waals surface area contributed by atoms with Gasteiger partial charge in [0.05, 0.1) is 0 Å². The summed E-state index contributed by atoms with van der Waals surface area (Å²) < 4.78 is 15.0. The zero-order valence-electron chi connectivity index (χ0n) is 30.5. The predicted molar refractivity (Wildman–Crippen MR) is 233 cm³/mol. The molecule has 0 radical (unpaired) electrons. The van der Waals surface area contributed by atoms with Gasteiger partial charge in [-0.25, -0.2) is 15.0 Å². The van der Waals surface area contributed by atoms with Gasteiger partial charge in [-0.2, -0.15) is 0 Å². The first-order chi connectivity index (χ1) is 28.2. The highest BCUT2D eigenvalue weighted by Gasteiger charge is 2.33. The number of nitrogens with zero attached hydrogens (tertiary/aromatic N) is 3. The van der Waals surface area contributed by atoms with Gasteiger partial charge in [-0.05, 0) is 58.7 Å². The Labute approximate surface area is 331 Å². The van der Waals surface area contributed by atoms with Crippen LogP contribution in [0.4, 0.5) is 0 Å². The Bertz CT molecular complexity index is 3270. The van der Waals surface area contributed by atoms with E-state index in [-0.39, 0.29) is 12.0 Å². The van der Waals surface area contributed by atoms with Gasteiger partial charge in [-0.3, -0.25) is 0 Å². The van der Waals surface area contributed by atoms with E-state index in [1.54, 1.807) is 11.3 Å². The Balaban J connectivity index is 0.870. The summed E-state index contributed by atoms with van der Waals surface area (Å²) >= 11 is 1.78. The van der Waals surface area contributed by atoms with Gasteiger partial charge in [-0.15, -0.1) is 11.3 Å². The van der Waals surface area contributed by atoms with E-state index in [0.29, 0.717) is 17.5 Å². The first-order valence-corrected chi connectivity index (χ1v) is 20.0. The SMILES string of the molecule is C1=CC2Oc3cc4oc5ccc(-c6ccc(-c7ccc(-c8nc(-c9ccccc9)nc(-c9cccc%10c9sc9ccccc9%10)n8)cc7)cc6)cc5c4cc3C2C=C1. The van der Waals surface area contributed by atoms with Crippen LogP contribution in [0.2, 0.25) is 0 Å². The number of rotatable bonds is 5. The van der Waals surface area contributed by atoms with E-state index >= 15 is 0 Å². The summed E-state index contributed by atoms with van der Waals surface area (Å²) in [7, 11) is 0. The smallest absolute Gasteiger partial charge is 0.165 e. The molecule has 57 heavy (non-hydrogen) atoms. The third-order valence-electron chi connectivity index (χ3n) is 11.3. The minimum Gasteiger partial charge on any atom is -0.485 e. The zero-order chi connectivity index (χ0) is 37.5. The predicted octanol–water partition coefficient (Wildman–Crippen LogP) is 13.4. The highest BCUT2D eigenvalue weighted by molar-refractivity contribution is 7.26. The van der Waals surface area contributed by atoms with E-state index in [2.05, 4.69) is 146 Å². The van der Waals surface area contributed by atoms with Gasteiger partial charge in [0.25, 0.3) is 0 Å². The van der Waals surface area contributed by atoms with E-state index in [1.807, 2.05) is 30.3 Å².